The number of hydrogen-bond donors (Lipinski definition) is 3. The number of benzene rings is 2. The SMILES string of the molecule is CC(C)c1cc(C(C)C)c(S(=O)(=O)N[C@@H](Cc2cccc(C(=N)N)c2)C(=O)N2CCCC2)c(C(C)C)c1. The Morgan fingerprint density at radius 2 is 1.54 bits per heavy atom. The summed E-state index contributed by atoms with van der Waals surface area (Å²) in [5.74, 6) is -0.0492. The van der Waals surface area contributed by atoms with Crippen molar-refractivity contribution in [2.75, 3.05) is 13.1 Å². The van der Waals surface area contributed by atoms with Gasteiger partial charge in [0.1, 0.15) is 11.9 Å². The van der Waals surface area contributed by atoms with E-state index in [9.17, 15) is 13.2 Å². The second-order valence-electron chi connectivity index (χ2n) is 11.0. The summed E-state index contributed by atoms with van der Waals surface area (Å²) < 4.78 is 31.1. The molecule has 0 aliphatic carbocycles. The number of nitrogen functional groups attached to an aromatic ring is 1. The van der Waals surface area contributed by atoms with Crippen LogP contribution in [0.1, 0.15) is 100.0 Å². The smallest absolute Gasteiger partial charge is 0.241 e. The van der Waals surface area contributed by atoms with E-state index in [1.807, 2.05) is 45.9 Å². The van der Waals surface area contributed by atoms with Crippen molar-refractivity contribution in [2.45, 2.75) is 89.5 Å². The zero-order valence-corrected chi connectivity index (χ0v) is 23.8. The molecule has 2 aromatic carbocycles. The molecular formula is C29H42N4O3S. The van der Waals surface area contributed by atoms with Gasteiger partial charge in [-0.15, -0.1) is 0 Å². The maximum absolute atomic E-state index is 14.1. The van der Waals surface area contributed by atoms with Crippen LogP contribution in [0.2, 0.25) is 0 Å². The molecule has 8 heteroatoms. The second kappa shape index (κ2) is 11.8. The molecule has 0 radical (unpaired) electrons. The third-order valence-electron chi connectivity index (χ3n) is 7.04. The highest BCUT2D eigenvalue weighted by Crippen LogP contribution is 2.35. The van der Waals surface area contributed by atoms with Crippen molar-refractivity contribution in [3.8, 4) is 0 Å². The predicted octanol–water partition coefficient (Wildman–Crippen LogP) is 4.85. The summed E-state index contributed by atoms with van der Waals surface area (Å²) in [5.41, 5.74) is 9.61. The molecule has 0 spiro atoms. The first kappa shape index (κ1) is 28.9. The molecule has 3 rings (SSSR count). The number of hydrogen-bond acceptors (Lipinski definition) is 4. The largest absolute Gasteiger partial charge is 0.384 e. The molecule has 1 aliphatic rings. The first-order valence-electron chi connectivity index (χ1n) is 13.2. The molecule has 0 saturated carbocycles. The Morgan fingerprint density at radius 3 is 2.03 bits per heavy atom. The second-order valence-corrected chi connectivity index (χ2v) is 12.7. The summed E-state index contributed by atoms with van der Waals surface area (Å²) in [5, 5.41) is 7.76. The third-order valence-corrected chi connectivity index (χ3v) is 8.64. The number of amidine groups is 1. The van der Waals surface area contributed by atoms with E-state index in [0.717, 1.165) is 35.1 Å². The standard InChI is InChI=1S/C29H42N4O3S/c1-18(2)23-16-24(19(3)4)27(25(17-23)20(5)6)37(35,36)32-26(29(34)33-12-7-8-13-33)15-21-10-9-11-22(14-21)28(30)31/h9-11,14,16-20,26,32H,7-8,12-13,15H2,1-6H3,(H3,30,31)/t26-/m0/s1. The van der Waals surface area contributed by atoms with Crippen molar-refractivity contribution in [3.05, 3.63) is 64.2 Å². The molecule has 0 unspecified atom stereocenters. The summed E-state index contributed by atoms with van der Waals surface area (Å²) in [7, 11) is -4.04. The molecule has 0 aromatic heterocycles. The van der Waals surface area contributed by atoms with E-state index < -0.39 is 16.1 Å². The highest BCUT2D eigenvalue weighted by atomic mass is 32.2. The lowest BCUT2D eigenvalue weighted by molar-refractivity contribution is -0.131. The fourth-order valence-corrected chi connectivity index (χ4v) is 6.77. The van der Waals surface area contributed by atoms with Gasteiger partial charge in [0.05, 0.1) is 4.90 Å². The van der Waals surface area contributed by atoms with Crippen LogP contribution in [0.25, 0.3) is 0 Å². The summed E-state index contributed by atoms with van der Waals surface area (Å²) in [6.07, 6.45) is 2.00. The molecule has 37 heavy (non-hydrogen) atoms. The Balaban J connectivity index is 2.09. The van der Waals surface area contributed by atoms with Crippen molar-refractivity contribution in [2.24, 2.45) is 5.73 Å². The van der Waals surface area contributed by atoms with Crippen LogP contribution >= 0.6 is 0 Å². The van der Waals surface area contributed by atoms with Gasteiger partial charge in [0.15, 0.2) is 0 Å². The van der Waals surface area contributed by atoms with Crippen LogP contribution in [0.3, 0.4) is 0 Å². The first-order chi connectivity index (χ1) is 17.3. The number of likely N-dealkylation sites (tertiary alicyclic amines) is 1. The minimum absolute atomic E-state index is 0.0113. The molecule has 1 saturated heterocycles. The number of carbonyl (C=O) groups is 1. The molecule has 4 N–H and O–H groups in total. The van der Waals surface area contributed by atoms with Crippen molar-refractivity contribution in [1.29, 1.82) is 5.41 Å². The Bertz CT molecular complexity index is 1220. The first-order valence-corrected chi connectivity index (χ1v) is 14.7. The fourth-order valence-electron chi connectivity index (χ4n) is 4.88. The number of sulfonamides is 1. The molecule has 7 nitrogen and oxygen atoms in total. The van der Waals surface area contributed by atoms with Gasteiger partial charge >= 0.3 is 0 Å². The van der Waals surface area contributed by atoms with Gasteiger partial charge in [-0.25, -0.2) is 8.42 Å². The summed E-state index contributed by atoms with van der Waals surface area (Å²) >= 11 is 0. The normalized spacial score (nSPS) is 15.1. The highest BCUT2D eigenvalue weighted by Gasteiger charge is 2.34. The fraction of sp³-hybridized carbons (Fsp3) is 0.517. The monoisotopic (exact) mass is 526 g/mol. The van der Waals surface area contributed by atoms with Gasteiger partial charge in [0.2, 0.25) is 15.9 Å². The van der Waals surface area contributed by atoms with Crippen molar-refractivity contribution >= 4 is 21.8 Å². The van der Waals surface area contributed by atoms with Crippen LogP contribution in [0, 0.1) is 5.41 Å². The highest BCUT2D eigenvalue weighted by molar-refractivity contribution is 7.89. The van der Waals surface area contributed by atoms with E-state index in [0.29, 0.717) is 23.5 Å². The van der Waals surface area contributed by atoms with E-state index in [2.05, 4.69) is 18.6 Å². The maximum atomic E-state index is 14.1. The Labute approximate surface area is 222 Å². The summed E-state index contributed by atoms with van der Waals surface area (Å²) in [6, 6.07) is 10.1. The lowest BCUT2D eigenvalue weighted by Crippen LogP contribution is -2.49. The molecule has 0 bridgehead atoms. The van der Waals surface area contributed by atoms with E-state index in [1.54, 1.807) is 23.1 Å². The van der Waals surface area contributed by atoms with Gasteiger partial charge < -0.3 is 10.6 Å². The van der Waals surface area contributed by atoms with Crippen molar-refractivity contribution in [1.82, 2.24) is 9.62 Å². The quantitative estimate of drug-likeness (QED) is 0.303. The summed E-state index contributed by atoms with van der Waals surface area (Å²) in [4.78, 5) is 15.6. The molecule has 1 amide bonds. The zero-order chi connectivity index (χ0) is 27.5. The average molecular weight is 527 g/mol. The molecule has 1 fully saturated rings. The number of rotatable bonds is 10. The molecule has 1 heterocycles. The molecule has 1 aliphatic heterocycles. The van der Waals surface area contributed by atoms with Gasteiger partial charge in [-0.2, -0.15) is 4.72 Å². The van der Waals surface area contributed by atoms with Crippen LogP contribution in [0.15, 0.2) is 41.3 Å². The maximum Gasteiger partial charge on any atom is 0.241 e. The van der Waals surface area contributed by atoms with Crippen LogP contribution in [0.5, 0.6) is 0 Å². The van der Waals surface area contributed by atoms with Crippen LogP contribution in [-0.2, 0) is 21.2 Å². The lowest BCUT2D eigenvalue weighted by Gasteiger charge is -2.27. The molecule has 1 atom stereocenters. The number of carbonyl (C=O) groups excluding carboxylic acids is 1. The van der Waals surface area contributed by atoms with E-state index in [4.69, 9.17) is 11.1 Å². The van der Waals surface area contributed by atoms with E-state index in [1.165, 1.54) is 0 Å². The van der Waals surface area contributed by atoms with Crippen molar-refractivity contribution < 1.29 is 13.2 Å². The molecule has 2 aromatic rings. The van der Waals surface area contributed by atoms with Crippen molar-refractivity contribution in [3.63, 3.8) is 0 Å². The van der Waals surface area contributed by atoms with Gasteiger partial charge in [0.25, 0.3) is 0 Å². The molecule has 202 valence electrons. The zero-order valence-electron chi connectivity index (χ0n) is 23.0. The number of nitrogens with two attached hydrogens (primary N) is 1. The topological polar surface area (TPSA) is 116 Å². The van der Waals surface area contributed by atoms with E-state index in [-0.39, 0.29) is 35.9 Å². The van der Waals surface area contributed by atoms with Crippen LogP contribution in [-0.4, -0.2) is 44.2 Å². The van der Waals surface area contributed by atoms with Gasteiger partial charge in [-0.3, -0.25) is 10.2 Å². The number of nitrogens with zero attached hydrogens (tertiary/aromatic N) is 1. The van der Waals surface area contributed by atoms with E-state index >= 15 is 0 Å². The van der Waals surface area contributed by atoms with Crippen LogP contribution < -0.4 is 10.5 Å². The van der Waals surface area contributed by atoms with Crippen LogP contribution in [0.4, 0.5) is 0 Å². The van der Waals surface area contributed by atoms with Gasteiger partial charge in [-0.1, -0.05) is 71.9 Å². The third kappa shape index (κ3) is 6.79. The Hall–Kier alpha value is -2.71. The molecular weight excluding hydrogens is 484 g/mol. The number of nitrogens with one attached hydrogen (secondary N) is 2. The Morgan fingerprint density at radius 1 is 0.973 bits per heavy atom. The van der Waals surface area contributed by atoms with Gasteiger partial charge in [-0.05, 0) is 65.3 Å². The lowest BCUT2D eigenvalue weighted by atomic mass is 9.89. The Kier molecular flexibility index (Phi) is 9.18. The number of amides is 1. The predicted molar refractivity (Wildman–Crippen MR) is 150 cm³/mol. The minimum Gasteiger partial charge on any atom is -0.384 e. The van der Waals surface area contributed by atoms with Gasteiger partial charge in [0, 0.05) is 18.7 Å². The summed E-state index contributed by atoms with van der Waals surface area (Å²) in [6.45, 7) is 13.5. The average Bonchev–Trinajstić information content (AvgIpc) is 3.37. The minimum atomic E-state index is -4.04.